The summed E-state index contributed by atoms with van der Waals surface area (Å²) in [5, 5.41) is 10.6. The number of amides is 1. The lowest BCUT2D eigenvalue weighted by Crippen LogP contribution is -2.41. The fourth-order valence-corrected chi connectivity index (χ4v) is 3.68. The van der Waals surface area contributed by atoms with Gasteiger partial charge in [-0.1, -0.05) is 30.3 Å². The Labute approximate surface area is 159 Å². The van der Waals surface area contributed by atoms with Crippen molar-refractivity contribution in [3.8, 4) is 0 Å². The van der Waals surface area contributed by atoms with Crippen LogP contribution in [-0.2, 0) is 21.4 Å². The van der Waals surface area contributed by atoms with Crippen LogP contribution in [0.15, 0.2) is 42.7 Å². The number of hydrogen-bond donors (Lipinski definition) is 2. The summed E-state index contributed by atoms with van der Waals surface area (Å²) in [5.41, 5.74) is 1.92. The number of aryl methyl sites for hydroxylation is 1. The number of benzene rings is 1. The molecule has 1 aliphatic heterocycles. The molecule has 0 aliphatic carbocycles. The first kappa shape index (κ1) is 19.1. The van der Waals surface area contributed by atoms with Gasteiger partial charge in [0.15, 0.2) is 0 Å². The molecule has 27 heavy (non-hydrogen) atoms. The van der Waals surface area contributed by atoms with Gasteiger partial charge in [0.1, 0.15) is 0 Å². The molecule has 144 valence electrons. The zero-order valence-electron chi connectivity index (χ0n) is 15.9. The molecule has 7 nitrogen and oxygen atoms in total. The minimum Gasteiger partial charge on any atom is -0.469 e. The number of nitrogens with one attached hydrogen (secondary N) is 2. The van der Waals surface area contributed by atoms with Crippen LogP contribution < -0.4 is 10.6 Å². The third kappa shape index (κ3) is 4.19. The molecule has 2 N–H and O–H groups in total. The van der Waals surface area contributed by atoms with Crippen LogP contribution in [0.3, 0.4) is 0 Å². The maximum Gasteiger partial charge on any atom is 0.310 e. The molecule has 0 radical (unpaired) electrons. The Hall–Kier alpha value is -2.67. The molecule has 1 aromatic carbocycles. The van der Waals surface area contributed by atoms with Crippen LogP contribution in [0.2, 0.25) is 0 Å². The molecule has 0 saturated carbocycles. The summed E-state index contributed by atoms with van der Waals surface area (Å²) in [7, 11) is 3.23. The van der Waals surface area contributed by atoms with Crippen LogP contribution in [0.4, 0.5) is 0 Å². The predicted molar refractivity (Wildman–Crippen MR) is 101 cm³/mol. The van der Waals surface area contributed by atoms with Gasteiger partial charge >= 0.3 is 5.97 Å². The number of carbonyl (C=O) groups excluding carboxylic acids is 2. The Balaban J connectivity index is 1.80. The number of nitrogens with zero attached hydrogens (tertiary/aromatic N) is 2. The first-order chi connectivity index (χ1) is 13.0. The zero-order valence-corrected chi connectivity index (χ0v) is 15.9. The first-order valence-corrected chi connectivity index (χ1v) is 9.13. The van der Waals surface area contributed by atoms with E-state index in [9.17, 15) is 9.59 Å². The number of aromatic nitrogens is 2. The number of carbonyl (C=O) groups is 2. The van der Waals surface area contributed by atoms with Crippen molar-refractivity contribution in [3.05, 3.63) is 53.9 Å². The number of hydrogen-bond acceptors (Lipinski definition) is 5. The van der Waals surface area contributed by atoms with Crippen molar-refractivity contribution in [3.63, 3.8) is 0 Å². The largest absolute Gasteiger partial charge is 0.469 e. The van der Waals surface area contributed by atoms with Crippen LogP contribution in [0.5, 0.6) is 0 Å². The number of esters is 1. The fourth-order valence-electron chi connectivity index (χ4n) is 3.68. The van der Waals surface area contributed by atoms with E-state index in [2.05, 4.69) is 15.7 Å². The molecule has 2 heterocycles. The summed E-state index contributed by atoms with van der Waals surface area (Å²) < 4.78 is 6.65. The molecular formula is C20H26N4O3. The second kappa shape index (κ2) is 8.35. The average molecular weight is 370 g/mol. The normalized spacial score (nSPS) is 21.4. The Morgan fingerprint density at radius 1 is 1.30 bits per heavy atom. The van der Waals surface area contributed by atoms with E-state index < -0.39 is 12.0 Å². The van der Waals surface area contributed by atoms with Crippen LogP contribution >= 0.6 is 0 Å². The monoisotopic (exact) mass is 370 g/mol. The summed E-state index contributed by atoms with van der Waals surface area (Å²) in [5.74, 6) is -1.07. The second-order valence-corrected chi connectivity index (χ2v) is 7.03. The Morgan fingerprint density at radius 2 is 2.04 bits per heavy atom. The lowest BCUT2D eigenvalue weighted by molar-refractivity contribution is -0.146. The van der Waals surface area contributed by atoms with Crippen molar-refractivity contribution in [2.24, 2.45) is 18.9 Å². The van der Waals surface area contributed by atoms with Crippen molar-refractivity contribution in [2.75, 3.05) is 20.2 Å². The van der Waals surface area contributed by atoms with E-state index in [-0.39, 0.29) is 23.7 Å². The minimum absolute atomic E-state index is 0.0588. The Kier molecular flexibility index (Phi) is 5.91. The third-order valence-corrected chi connectivity index (χ3v) is 5.23. The molecule has 1 aromatic heterocycles. The summed E-state index contributed by atoms with van der Waals surface area (Å²) >= 11 is 0. The SMILES string of the molecule is COC(=O)C(C)C(NC(=O)[C@H]1CNC[C@@H]1c1cnn(C)c1)c1ccccc1. The van der Waals surface area contributed by atoms with E-state index in [0.29, 0.717) is 6.54 Å². The van der Waals surface area contributed by atoms with Crippen molar-refractivity contribution in [1.29, 1.82) is 0 Å². The number of ether oxygens (including phenoxy) is 1. The van der Waals surface area contributed by atoms with Gasteiger partial charge in [-0.25, -0.2) is 0 Å². The smallest absolute Gasteiger partial charge is 0.310 e. The van der Waals surface area contributed by atoms with Gasteiger partial charge in [0.2, 0.25) is 5.91 Å². The lowest BCUT2D eigenvalue weighted by Gasteiger charge is -2.26. The van der Waals surface area contributed by atoms with Crippen molar-refractivity contribution < 1.29 is 14.3 Å². The molecule has 4 atom stereocenters. The van der Waals surface area contributed by atoms with Gasteiger partial charge in [-0.05, 0) is 18.1 Å². The quantitative estimate of drug-likeness (QED) is 0.751. The lowest BCUT2D eigenvalue weighted by atomic mass is 9.88. The topological polar surface area (TPSA) is 85.2 Å². The fraction of sp³-hybridized carbons (Fsp3) is 0.450. The molecule has 3 rings (SSSR count). The third-order valence-electron chi connectivity index (χ3n) is 5.23. The molecule has 0 bridgehead atoms. The van der Waals surface area contributed by atoms with E-state index >= 15 is 0 Å². The van der Waals surface area contributed by atoms with Crippen LogP contribution in [0.1, 0.15) is 30.0 Å². The molecule has 1 fully saturated rings. The van der Waals surface area contributed by atoms with Gasteiger partial charge in [0, 0.05) is 32.3 Å². The summed E-state index contributed by atoms with van der Waals surface area (Å²) in [6, 6.07) is 9.08. The minimum atomic E-state index is -0.493. The van der Waals surface area contributed by atoms with Crippen LogP contribution in [0.25, 0.3) is 0 Å². The zero-order chi connectivity index (χ0) is 19.4. The first-order valence-electron chi connectivity index (χ1n) is 9.13. The molecule has 0 spiro atoms. The summed E-state index contributed by atoms with van der Waals surface area (Å²) in [6.45, 7) is 3.10. The molecule has 1 amide bonds. The highest BCUT2D eigenvalue weighted by Crippen LogP contribution is 2.30. The predicted octanol–water partition coefficient (Wildman–Crippen LogP) is 1.39. The van der Waals surface area contributed by atoms with E-state index in [1.165, 1.54) is 7.11 Å². The highest BCUT2D eigenvalue weighted by Gasteiger charge is 2.37. The van der Waals surface area contributed by atoms with Crippen molar-refractivity contribution >= 4 is 11.9 Å². The van der Waals surface area contributed by atoms with Gasteiger partial charge < -0.3 is 15.4 Å². The van der Waals surface area contributed by atoms with Crippen LogP contribution in [0, 0.1) is 11.8 Å². The number of methoxy groups -OCH3 is 1. The van der Waals surface area contributed by atoms with E-state index in [1.807, 2.05) is 49.8 Å². The van der Waals surface area contributed by atoms with Gasteiger partial charge in [-0.15, -0.1) is 0 Å². The average Bonchev–Trinajstić information content (AvgIpc) is 3.34. The van der Waals surface area contributed by atoms with E-state index in [1.54, 1.807) is 11.6 Å². The van der Waals surface area contributed by atoms with Crippen molar-refractivity contribution in [1.82, 2.24) is 20.4 Å². The van der Waals surface area contributed by atoms with E-state index in [0.717, 1.165) is 17.7 Å². The van der Waals surface area contributed by atoms with Gasteiger partial charge in [-0.3, -0.25) is 14.3 Å². The number of rotatable bonds is 6. The van der Waals surface area contributed by atoms with Gasteiger partial charge in [0.25, 0.3) is 0 Å². The van der Waals surface area contributed by atoms with Gasteiger partial charge in [-0.2, -0.15) is 5.10 Å². The highest BCUT2D eigenvalue weighted by atomic mass is 16.5. The standard InChI is InChI=1S/C20H26N4O3/c1-13(20(26)27-3)18(14-7-5-4-6-8-14)23-19(25)17-11-21-10-16(17)15-9-22-24(2)12-15/h4-9,12-13,16-18,21H,10-11H2,1-3H3,(H,23,25)/t13?,16-,17+,18?/m1/s1. The maximum atomic E-state index is 13.1. The second-order valence-electron chi connectivity index (χ2n) is 7.03. The highest BCUT2D eigenvalue weighted by molar-refractivity contribution is 5.82. The molecule has 7 heteroatoms. The van der Waals surface area contributed by atoms with Crippen molar-refractivity contribution in [2.45, 2.75) is 18.9 Å². The Bertz CT molecular complexity index is 790. The molecule has 2 aromatic rings. The van der Waals surface area contributed by atoms with Gasteiger partial charge in [0.05, 0.1) is 31.2 Å². The summed E-state index contributed by atoms with van der Waals surface area (Å²) in [6.07, 6.45) is 3.76. The summed E-state index contributed by atoms with van der Waals surface area (Å²) in [4.78, 5) is 25.2. The molecular weight excluding hydrogens is 344 g/mol. The maximum absolute atomic E-state index is 13.1. The molecule has 2 unspecified atom stereocenters. The molecule has 1 saturated heterocycles. The Morgan fingerprint density at radius 3 is 2.67 bits per heavy atom. The van der Waals surface area contributed by atoms with E-state index in [4.69, 9.17) is 4.74 Å². The van der Waals surface area contributed by atoms with Crippen LogP contribution in [-0.4, -0.2) is 41.9 Å². The molecule has 1 aliphatic rings.